The summed E-state index contributed by atoms with van der Waals surface area (Å²) in [5.74, 6) is -2.42. The summed E-state index contributed by atoms with van der Waals surface area (Å²) >= 11 is 5.79. The Balaban J connectivity index is 0.00000144. The van der Waals surface area contributed by atoms with E-state index in [0.717, 1.165) is 0 Å². The van der Waals surface area contributed by atoms with Gasteiger partial charge in [0.2, 0.25) is 0 Å². The number of rotatable bonds is 1. The molecule has 0 aromatic rings. The number of hydrogen-bond donors (Lipinski definition) is 1. The van der Waals surface area contributed by atoms with Gasteiger partial charge in [0.15, 0.2) is 0 Å². The average molecular weight is 211 g/mol. The maximum atomic E-state index is 10.5. The van der Waals surface area contributed by atoms with Crippen LogP contribution >= 0.6 is 11.6 Å². The zero-order valence-electron chi connectivity index (χ0n) is 7.45. The number of allylic oxidation sites excluding steroid dienone is 3. The molecule has 0 aromatic heterocycles. The van der Waals surface area contributed by atoms with E-state index in [1.807, 2.05) is 0 Å². The van der Waals surface area contributed by atoms with E-state index in [0.29, 0.717) is 0 Å². The van der Waals surface area contributed by atoms with E-state index in [2.05, 4.69) is 0 Å². The second kappa shape index (κ2) is 4.51. The monoisotopic (exact) mass is 210 g/mol. The van der Waals surface area contributed by atoms with Crippen LogP contribution in [0.1, 0.15) is 6.92 Å². The second-order valence-corrected chi connectivity index (χ2v) is 3.59. The van der Waals surface area contributed by atoms with Crippen LogP contribution in [-0.2, 0) is 4.79 Å². The van der Waals surface area contributed by atoms with E-state index >= 15 is 0 Å². The molecule has 0 saturated heterocycles. The molecule has 0 bridgehead atoms. The topological polar surface area (TPSA) is 60.4 Å². The van der Waals surface area contributed by atoms with E-state index in [-0.39, 0.29) is 35.3 Å². The van der Waals surface area contributed by atoms with Crippen LogP contribution in [0.4, 0.5) is 0 Å². The van der Waals surface area contributed by atoms with Crippen molar-refractivity contribution < 1.29 is 44.6 Å². The number of halogens is 1. The Morgan fingerprint density at radius 1 is 1.77 bits per heavy atom. The minimum absolute atomic E-state index is 0. The number of aliphatic hydroxyl groups excluding tert-OH is 1. The second-order valence-electron chi connectivity index (χ2n) is 2.81. The maximum Gasteiger partial charge on any atom is 1.00 e. The van der Waals surface area contributed by atoms with E-state index < -0.39 is 16.8 Å². The maximum absolute atomic E-state index is 10.5. The third-order valence-corrected chi connectivity index (χ3v) is 2.33. The molecule has 0 aromatic carbocycles. The smallest absolute Gasteiger partial charge is 0.549 e. The van der Waals surface area contributed by atoms with E-state index in [1.54, 1.807) is 0 Å². The fraction of sp³-hybridized carbons (Fsp3) is 0.375. The number of carboxylic acid groups (broad SMARTS) is 1. The van der Waals surface area contributed by atoms with Gasteiger partial charge in [-0.05, 0) is 13.0 Å². The summed E-state index contributed by atoms with van der Waals surface area (Å²) in [4.78, 5) is 9.25. The third kappa shape index (κ3) is 2.50. The van der Waals surface area contributed by atoms with Gasteiger partial charge in [-0.2, -0.15) is 0 Å². The Bertz CT molecular complexity index is 271. The Hall–Kier alpha value is 0.0400. The van der Waals surface area contributed by atoms with Crippen LogP contribution in [0.2, 0.25) is 0 Å². The van der Waals surface area contributed by atoms with Crippen molar-refractivity contribution in [2.24, 2.45) is 5.92 Å². The van der Waals surface area contributed by atoms with Gasteiger partial charge in [-0.25, -0.2) is 0 Å². The van der Waals surface area contributed by atoms with Crippen molar-refractivity contribution >= 4 is 17.6 Å². The number of alkyl halides is 1. The number of carbonyl (C=O) groups is 1. The van der Waals surface area contributed by atoms with Crippen LogP contribution in [-0.4, -0.2) is 16.0 Å². The predicted molar refractivity (Wildman–Crippen MR) is 42.6 cm³/mol. The summed E-state index contributed by atoms with van der Waals surface area (Å²) < 4.78 is 0. The zero-order valence-corrected chi connectivity index (χ0v) is 10.2. The molecule has 13 heavy (non-hydrogen) atoms. The van der Waals surface area contributed by atoms with Crippen LogP contribution in [0.25, 0.3) is 0 Å². The van der Waals surface area contributed by atoms with Crippen molar-refractivity contribution in [3.05, 3.63) is 24.0 Å². The van der Waals surface area contributed by atoms with Crippen LogP contribution in [0.15, 0.2) is 24.0 Å². The standard InChI is InChI=1S/C8H9ClO3.Na/c1-8(9)5(7(11)12)3-2-4-6(8)10;/h2-5,10H,1H3,(H,11,12);/q;+1/p-1. The van der Waals surface area contributed by atoms with E-state index in [1.165, 1.54) is 25.2 Å². The minimum Gasteiger partial charge on any atom is -0.549 e. The van der Waals surface area contributed by atoms with Crippen molar-refractivity contribution in [3.63, 3.8) is 0 Å². The third-order valence-electron chi connectivity index (χ3n) is 1.90. The summed E-state index contributed by atoms with van der Waals surface area (Å²) in [6, 6.07) is 0. The van der Waals surface area contributed by atoms with Gasteiger partial charge in [-0.1, -0.05) is 12.2 Å². The molecule has 0 saturated carbocycles. The molecule has 0 spiro atoms. The van der Waals surface area contributed by atoms with Crippen LogP contribution in [0.3, 0.4) is 0 Å². The first-order valence-electron chi connectivity index (χ1n) is 3.44. The molecule has 3 nitrogen and oxygen atoms in total. The fourth-order valence-electron chi connectivity index (χ4n) is 1.06. The SMILES string of the molecule is CC1(Cl)C(O)=CC=CC1C(=O)[O-].[Na+]. The van der Waals surface area contributed by atoms with Gasteiger partial charge in [-0.3, -0.25) is 0 Å². The van der Waals surface area contributed by atoms with Crippen molar-refractivity contribution in [1.29, 1.82) is 0 Å². The first kappa shape index (κ1) is 13.0. The number of carboxylic acids is 1. The van der Waals surface area contributed by atoms with Gasteiger partial charge >= 0.3 is 29.6 Å². The molecular formula is C8H8ClNaO3. The van der Waals surface area contributed by atoms with Crippen LogP contribution < -0.4 is 34.7 Å². The largest absolute Gasteiger partial charge is 1.00 e. The Morgan fingerprint density at radius 2 is 2.31 bits per heavy atom. The van der Waals surface area contributed by atoms with Crippen molar-refractivity contribution in [2.45, 2.75) is 11.8 Å². The van der Waals surface area contributed by atoms with E-state index in [9.17, 15) is 15.0 Å². The summed E-state index contributed by atoms with van der Waals surface area (Å²) in [7, 11) is 0. The van der Waals surface area contributed by atoms with Gasteiger partial charge in [0, 0.05) is 5.92 Å². The molecular weight excluding hydrogens is 203 g/mol. The molecule has 2 atom stereocenters. The number of carbonyl (C=O) groups excluding carboxylic acids is 1. The molecule has 66 valence electrons. The number of hydrogen-bond acceptors (Lipinski definition) is 3. The molecule has 1 aliphatic rings. The molecule has 5 heteroatoms. The van der Waals surface area contributed by atoms with Gasteiger partial charge < -0.3 is 15.0 Å². The van der Waals surface area contributed by atoms with Gasteiger partial charge in [0.1, 0.15) is 10.6 Å². The molecule has 0 heterocycles. The van der Waals surface area contributed by atoms with Crippen LogP contribution in [0.5, 0.6) is 0 Å². The molecule has 2 unspecified atom stereocenters. The Labute approximate surface area is 103 Å². The van der Waals surface area contributed by atoms with Crippen molar-refractivity contribution in [2.75, 3.05) is 0 Å². The molecule has 0 radical (unpaired) electrons. The van der Waals surface area contributed by atoms with Crippen LogP contribution in [0, 0.1) is 5.92 Å². The molecule has 1 aliphatic carbocycles. The van der Waals surface area contributed by atoms with Gasteiger partial charge in [0.25, 0.3) is 0 Å². The first-order chi connectivity index (χ1) is 5.46. The number of aliphatic carboxylic acids is 1. The average Bonchev–Trinajstić information content (AvgIpc) is 1.94. The number of aliphatic hydroxyl groups is 1. The quantitative estimate of drug-likeness (QED) is 0.380. The molecule has 0 fully saturated rings. The fourth-order valence-corrected chi connectivity index (χ4v) is 1.29. The summed E-state index contributed by atoms with van der Waals surface area (Å²) in [6.07, 6.45) is 4.20. The first-order valence-corrected chi connectivity index (χ1v) is 3.81. The Morgan fingerprint density at radius 3 is 2.69 bits per heavy atom. The summed E-state index contributed by atoms with van der Waals surface area (Å²) in [5, 5.41) is 19.8. The molecule has 0 aliphatic heterocycles. The molecule has 1 rings (SSSR count). The minimum atomic E-state index is -1.29. The predicted octanol–water partition coefficient (Wildman–Crippen LogP) is -2.63. The van der Waals surface area contributed by atoms with Gasteiger partial charge in [-0.15, -0.1) is 11.6 Å². The Kier molecular flexibility index (Phi) is 4.52. The molecule has 1 N–H and O–H groups in total. The zero-order chi connectivity index (χ0) is 9.35. The summed E-state index contributed by atoms with van der Waals surface area (Å²) in [6.45, 7) is 1.43. The normalized spacial score (nSPS) is 31.8. The molecule has 0 amide bonds. The van der Waals surface area contributed by atoms with Gasteiger partial charge in [0.05, 0.1) is 5.97 Å². The van der Waals surface area contributed by atoms with E-state index in [4.69, 9.17) is 11.6 Å². The van der Waals surface area contributed by atoms with Crippen molar-refractivity contribution in [1.82, 2.24) is 0 Å². The summed E-state index contributed by atoms with van der Waals surface area (Å²) in [5.41, 5.74) is 0. The van der Waals surface area contributed by atoms with Crippen molar-refractivity contribution in [3.8, 4) is 0 Å².